The van der Waals surface area contributed by atoms with Crippen molar-refractivity contribution in [3.05, 3.63) is 59.7 Å². The highest BCUT2D eigenvalue weighted by molar-refractivity contribution is 5.96. The largest absolute Gasteiger partial charge is 0.491 e. The molecule has 0 radical (unpaired) electrons. The number of unbranched alkanes of at least 4 members (excludes halogenated alkanes) is 1. The van der Waals surface area contributed by atoms with Crippen LogP contribution in [0.2, 0.25) is 0 Å². The zero-order chi connectivity index (χ0) is 21.5. The molecule has 2 amide bonds. The quantitative estimate of drug-likeness (QED) is 0.670. The second-order valence-electron chi connectivity index (χ2n) is 7.38. The van der Waals surface area contributed by atoms with Crippen LogP contribution in [0.3, 0.4) is 0 Å². The van der Waals surface area contributed by atoms with Gasteiger partial charge in [0.2, 0.25) is 5.91 Å². The van der Waals surface area contributed by atoms with Gasteiger partial charge in [0.1, 0.15) is 17.4 Å². The molecule has 1 aliphatic heterocycles. The summed E-state index contributed by atoms with van der Waals surface area (Å²) in [5.74, 6) is -1.82. The van der Waals surface area contributed by atoms with Crippen LogP contribution in [-0.2, 0) is 4.79 Å². The van der Waals surface area contributed by atoms with E-state index in [2.05, 4.69) is 12.2 Å². The van der Waals surface area contributed by atoms with Crippen molar-refractivity contribution in [1.82, 2.24) is 4.90 Å². The molecule has 0 spiro atoms. The molecule has 0 aromatic heterocycles. The van der Waals surface area contributed by atoms with E-state index in [4.69, 9.17) is 4.74 Å². The van der Waals surface area contributed by atoms with Crippen molar-refractivity contribution >= 4 is 17.5 Å². The number of nitrogens with zero attached hydrogens (tertiary/aromatic N) is 1. The summed E-state index contributed by atoms with van der Waals surface area (Å²) in [6, 6.07) is 10.2. The van der Waals surface area contributed by atoms with Gasteiger partial charge in [0, 0.05) is 25.1 Å². The number of ether oxygens (including phenoxy) is 1. The first-order valence-corrected chi connectivity index (χ1v) is 10.3. The molecule has 5 nitrogen and oxygen atoms in total. The first kappa shape index (κ1) is 21.7. The number of hydrogen-bond acceptors (Lipinski definition) is 3. The third-order valence-corrected chi connectivity index (χ3v) is 5.21. The highest BCUT2D eigenvalue weighted by Crippen LogP contribution is 2.27. The predicted octanol–water partition coefficient (Wildman–Crippen LogP) is 4.63. The van der Waals surface area contributed by atoms with Gasteiger partial charge in [0.05, 0.1) is 17.9 Å². The van der Waals surface area contributed by atoms with E-state index >= 15 is 0 Å². The second kappa shape index (κ2) is 10.2. The Balaban J connectivity index is 1.56. The fourth-order valence-electron chi connectivity index (χ4n) is 3.44. The molecule has 0 bridgehead atoms. The van der Waals surface area contributed by atoms with Crippen LogP contribution in [0.25, 0.3) is 0 Å². The van der Waals surface area contributed by atoms with Gasteiger partial charge in [-0.25, -0.2) is 8.78 Å². The maximum absolute atomic E-state index is 13.9. The van der Waals surface area contributed by atoms with Gasteiger partial charge in [-0.3, -0.25) is 9.59 Å². The van der Waals surface area contributed by atoms with Gasteiger partial charge in [-0.05, 0) is 43.5 Å². The van der Waals surface area contributed by atoms with Crippen molar-refractivity contribution in [3.8, 4) is 5.75 Å². The summed E-state index contributed by atoms with van der Waals surface area (Å²) in [7, 11) is 0. The van der Waals surface area contributed by atoms with Crippen molar-refractivity contribution in [2.75, 3.05) is 25.0 Å². The molecule has 0 saturated carbocycles. The number of anilines is 1. The lowest BCUT2D eigenvalue weighted by Gasteiger charge is -2.31. The predicted molar refractivity (Wildman–Crippen MR) is 110 cm³/mol. The number of carbonyl (C=O) groups excluding carboxylic acids is 2. The lowest BCUT2D eigenvalue weighted by molar-refractivity contribution is -0.121. The van der Waals surface area contributed by atoms with Crippen molar-refractivity contribution in [2.24, 2.45) is 5.92 Å². The summed E-state index contributed by atoms with van der Waals surface area (Å²) < 4.78 is 32.7. The van der Waals surface area contributed by atoms with E-state index in [1.54, 1.807) is 6.07 Å². The van der Waals surface area contributed by atoms with Crippen molar-refractivity contribution < 1.29 is 23.1 Å². The number of rotatable bonds is 7. The number of benzene rings is 2. The molecule has 1 N–H and O–H groups in total. The number of nitrogens with one attached hydrogen (secondary N) is 1. The number of amides is 2. The van der Waals surface area contributed by atoms with Crippen molar-refractivity contribution in [1.29, 1.82) is 0 Å². The fourth-order valence-corrected chi connectivity index (χ4v) is 3.44. The normalized spacial score (nSPS) is 14.4. The van der Waals surface area contributed by atoms with E-state index in [1.807, 2.05) is 18.2 Å². The Kier molecular flexibility index (Phi) is 7.38. The highest BCUT2D eigenvalue weighted by atomic mass is 19.1. The minimum absolute atomic E-state index is 0.124. The Morgan fingerprint density at radius 2 is 1.87 bits per heavy atom. The Morgan fingerprint density at radius 1 is 1.13 bits per heavy atom. The maximum atomic E-state index is 13.9. The third kappa shape index (κ3) is 5.34. The van der Waals surface area contributed by atoms with Crippen molar-refractivity contribution in [3.63, 3.8) is 0 Å². The molecular formula is C23H26F2N2O3. The zero-order valence-corrected chi connectivity index (χ0v) is 17.0. The molecule has 160 valence electrons. The van der Waals surface area contributed by atoms with Crippen LogP contribution in [0.1, 0.15) is 43.0 Å². The van der Waals surface area contributed by atoms with E-state index in [1.165, 1.54) is 4.90 Å². The monoisotopic (exact) mass is 416 g/mol. The summed E-state index contributed by atoms with van der Waals surface area (Å²) in [6.45, 7) is 3.34. The molecule has 1 fully saturated rings. The van der Waals surface area contributed by atoms with Crippen LogP contribution in [0, 0.1) is 17.6 Å². The van der Waals surface area contributed by atoms with Crippen LogP contribution < -0.4 is 10.1 Å². The Hall–Kier alpha value is -2.96. The SMILES string of the molecule is CCCCOc1ccccc1NC(=O)C1CCN(C(=O)c2ccc(F)cc2F)CC1. The van der Waals surface area contributed by atoms with Gasteiger partial charge < -0.3 is 15.0 Å². The Bertz CT molecular complexity index is 896. The first-order chi connectivity index (χ1) is 14.5. The van der Waals surface area contributed by atoms with Crippen molar-refractivity contribution in [2.45, 2.75) is 32.6 Å². The molecule has 1 aliphatic rings. The topological polar surface area (TPSA) is 58.6 Å². The van der Waals surface area contributed by atoms with Gasteiger partial charge in [-0.2, -0.15) is 0 Å². The molecule has 2 aromatic rings. The highest BCUT2D eigenvalue weighted by Gasteiger charge is 2.29. The van der Waals surface area contributed by atoms with Gasteiger partial charge in [-0.15, -0.1) is 0 Å². The number of hydrogen-bond donors (Lipinski definition) is 1. The molecule has 2 aromatic carbocycles. The number of carbonyl (C=O) groups is 2. The second-order valence-corrected chi connectivity index (χ2v) is 7.38. The summed E-state index contributed by atoms with van der Waals surface area (Å²) >= 11 is 0. The molecule has 0 aliphatic carbocycles. The van der Waals surface area contributed by atoms with Crippen LogP contribution in [0.4, 0.5) is 14.5 Å². The molecular weight excluding hydrogens is 390 g/mol. The fraction of sp³-hybridized carbons (Fsp3) is 0.391. The van der Waals surface area contributed by atoms with E-state index < -0.39 is 17.5 Å². The molecule has 7 heteroatoms. The van der Waals surface area contributed by atoms with Crippen LogP contribution in [0.5, 0.6) is 5.75 Å². The standard InChI is InChI=1S/C23H26F2N2O3/c1-2-3-14-30-21-7-5-4-6-20(21)26-22(28)16-10-12-27(13-11-16)23(29)18-9-8-17(24)15-19(18)25/h4-9,15-16H,2-3,10-14H2,1H3,(H,26,28). The van der Waals surface area contributed by atoms with Crippen LogP contribution in [0.15, 0.2) is 42.5 Å². The molecule has 1 saturated heterocycles. The average molecular weight is 416 g/mol. The van der Waals surface area contributed by atoms with E-state index in [-0.39, 0.29) is 17.4 Å². The molecule has 3 rings (SSSR count). The molecule has 0 atom stereocenters. The Labute approximate surface area is 175 Å². The molecule has 30 heavy (non-hydrogen) atoms. The molecule has 0 unspecified atom stereocenters. The van der Waals surface area contributed by atoms with E-state index in [9.17, 15) is 18.4 Å². The van der Waals surface area contributed by atoms with Gasteiger partial charge in [0.15, 0.2) is 0 Å². The third-order valence-electron chi connectivity index (χ3n) is 5.21. The lowest BCUT2D eigenvalue weighted by Crippen LogP contribution is -2.41. The van der Waals surface area contributed by atoms with Crippen LogP contribution in [-0.4, -0.2) is 36.4 Å². The zero-order valence-electron chi connectivity index (χ0n) is 17.0. The minimum atomic E-state index is -0.875. The first-order valence-electron chi connectivity index (χ1n) is 10.3. The smallest absolute Gasteiger partial charge is 0.256 e. The summed E-state index contributed by atoms with van der Waals surface area (Å²) in [5, 5.41) is 2.93. The number of halogens is 2. The number of para-hydroxylation sites is 2. The van der Waals surface area contributed by atoms with E-state index in [0.717, 1.165) is 25.0 Å². The number of likely N-dealkylation sites (tertiary alicyclic amines) is 1. The summed E-state index contributed by atoms with van der Waals surface area (Å²) in [4.78, 5) is 26.7. The maximum Gasteiger partial charge on any atom is 0.256 e. The number of piperidine rings is 1. The summed E-state index contributed by atoms with van der Waals surface area (Å²) in [6.07, 6.45) is 2.90. The van der Waals surface area contributed by atoms with Gasteiger partial charge in [0.25, 0.3) is 5.91 Å². The average Bonchev–Trinajstić information content (AvgIpc) is 2.75. The lowest BCUT2D eigenvalue weighted by atomic mass is 9.95. The summed E-state index contributed by atoms with van der Waals surface area (Å²) in [5.41, 5.74) is 0.475. The van der Waals surface area contributed by atoms with Crippen LogP contribution >= 0.6 is 0 Å². The molecule has 1 heterocycles. The minimum Gasteiger partial charge on any atom is -0.491 e. The van der Waals surface area contributed by atoms with Gasteiger partial charge >= 0.3 is 0 Å². The van der Waals surface area contributed by atoms with E-state index in [0.29, 0.717) is 50.0 Å². The van der Waals surface area contributed by atoms with Gasteiger partial charge in [-0.1, -0.05) is 25.5 Å². The Morgan fingerprint density at radius 3 is 2.57 bits per heavy atom.